The normalized spacial score (nSPS) is 30.6. The topological polar surface area (TPSA) is 12.4 Å². The zero-order valence-corrected chi connectivity index (χ0v) is 5.46. The Morgan fingerprint density at radius 1 is 1.86 bits per heavy atom. The molecule has 0 fully saturated rings. The molecule has 0 aromatic carbocycles. The van der Waals surface area contributed by atoms with Gasteiger partial charge in [0.2, 0.25) is 0 Å². The molecule has 0 aromatic heterocycles. The van der Waals surface area contributed by atoms with E-state index in [-0.39, 0.29) is 0 Å². The van der Waals surface area contributed by atoms with Crippen LogP contribution < -0.4 is 0 Å². The molecule has 1 aliphatic heterocycles. The van der Waals surface area contributed by atoms with Crippen molar-refractivity contribution in [2.24, 2.45) is 4.99 Å². The van der Waals surface area contributed by atoms with E-state index in [4.69, 9.17) is 0 Å². The summed E-state index contributed by atoms with van der Waals surface area (Å²) >= 11 is 1.87. The second-order valence-electron chi connectivity index (χ2n) is 1.79. The van der Waals surface area contributed by atoms with Gasteiger partial charge in [0.05, 0.1) is 11.6 Å². The molecule has 0 aromatic rings. The molecule has 1 atom stereocenters. The third-order valence-electron chi connectivity index (χ3n) is 0.943. The highest BCUT2D eigenvalue weighted by molar-refractivity contribution is 8.14. The smallest absolute Gasteiger partial charge is 0.0648 e. The molecule has 0 bridgehead atoms. The summed E-state index contributed by atoms with van der Waals surface area (Å²) in [6, 6.07) is 0. The van der Waals surface area contributed by atoms with Crippen LogP contribution in [0.2, 0.25) is 0 Å². The third-order valence-corrected chi connectivity index (χ3v) is 1.96. The van der Waals surface area contributed by atoms with Gasteiger partial charge in [0.25, 0.3) is 0 Å². The molecule has 0 amide bonds. The van der Waals surface area contributed by atoms with Crippen molar-refractivity contribution in [2.75, 3.05) is 6.54 Å². The lowest BCUT2D eigenvalue weighted by atomic mass is 10.5. The molecule has 0 saturated heterocycles. The van der Waals surface area contributed by atoms with E-state index in [1.165, 1.54) is 5.04 Å². The molecule has 1 aliphatic rings. The molecule has 0 radical (unpaired) electrons. The van der Waals surface area contributed by atoms with Crippen molar-refractivity contribution in [3.63, 3.8) is 0 Å². The van der Waals surface area contributed by atoms with Gasteiger partial charge < -0.3 is 0 Å². The molecule has 2 heteroatoms. The van der Waals surface area contributed by atoms with Crippen LogP contribution in [-0.2, 0) is 0 Å². The summed E-state index contributed by atoms with van der Waals surface area (Å²) in [7, 11) is 0. The minimum absolute atomic E-state index is 0.736. The van der Waals surface area contributed by atoms with Gasteiger partial charge in [-0.2, -0.15) is 0 Å². The zero-order chi connectivity index (χ0) is 5.28. The first-order chi connectivity index (χ1) is 3.29. The lowest BCUT2D eigenvalue weighted by molar-refractivity contribution is 0.976. The first kappa shape index (κ1) is 5.16. The molecule has 40 valence electrons. The Balaban J connectivity index is 2.42. The standard InChI is InChI=1S/C5H9NS/c1-4-3-6-5(2)7-4/h4H,3H2,1-2H3. The number of hydrogen-bond donors (Lipinski definition) is 0. The van der Waals surface area contributed by atoms with Crippen molar-refractivity contribution in [3.05, 3.63) is 0 Å². The summed E-state index contributed by atoms with van der Waals surface area (Å²) < 4.78 is 0. The molecule has 0 saturated carbocycles. The van der Waals surface area contributed by atoms with E-state index >= 15 is 0 Å². The van der Waals surface area contributed by atoms with E-state index in [0.717, 1.165) is 11.8 Å². The summed E-state index contributed by atoms with van der Waals surface area (Å²) in [5.74, 6) is 0. The Labute approximate surface area is 48.2 Å². The van der Waals surface area contributed by atoms with Gasteiger partial charge in [-0.3, -0.25) is 4.99 Å². The molecular formula is C5H9NS. The summed E-state index contributed by atoms with van der Waals surface area (Å²) in [6.45, 7) is 5.29. The molecule has 1 nitrogen and oxygen atoms in total. The van der Waals surface area contributed by atoms with E-state index in [9.17, 15) is 0 Å². The Kier molecular flexibility index (Phi) is 1.38. The van der Waals surface area contributed by atoms with Crippen molar-refractivity contribution in [2.45, 2.75) is 19.1 Å². The number of rotatable bonds is 0. The van der Waals surface area contributed by atoms with Crippen LogP contribution in [0.15, 0.2) is 4.99 Å². The highest BCUT2D eigenvalue weighted by atomic mass is 32.2. The Morgan fingerprint density at radius 2 is 2.57 bits per heavy atom. The highest BCUT2D eigenvalue weighted by Gasteiger charge is 2.09. The molecular weight excluding hydrogens is 106 g/mol. The minimum atomic E-state index is 0.736. The molecule has 1 unspecified atom stereocenters. The van der Waals surface area contributed by atoms with Crippen molar-refractivity contribution < 1.29 is 0 Å². The van der Waals surface area contributed by atoms with Crippen LogP contribution in [0.3, 0.4) is 0 Å². The van der Waals surface area contributed by atoms with Gasteiger partial charge in [-0.25, -0.2) is 0 Å². The second kappa shape index (κ2) is 1.86. The van der Waals surface area contributed by atoms with Crippen LogP contribution in [-0.4, -0.2) is 16.8 Å². The zero-order valence-electron chi connectivity index (χ0n) is 4.64. The van der Waals surface area contributed by atoms with Gasteiger partial charge in [0.15, 0.2) is 0 Å². The van der Waals surface area contributed by atoms with Gasteiger partial charge >= 0.3 is 0 Å². The molecule has 0 spiro atoms. The van der Waals surface area contributed by atoms with Crippen molar-refractivity contribution in [1.29, 1.82) is 0 Å². The quantitative estimate of drug-likeness (QED) is 0.466. The van der Waals surface area contributed by atoms with Crippen LogP contribution in [0.25, 0.3) is 0 Å². The van der Waals surface area contributed by atoms with Crippen LogP contribution in [0.4, 0.5) is 0 Å². The number of thioether (sulfide) groups is 1. The van der Waals surface area contributed by atoms with E-state index in [1.807, 2.05) is 11.8 Å². The Bertz CT molecular complexity index is 98.3. The average molecular weight is 115 g/mol. The summed E-state index contributed by atoms with van der Waals surface area (Å²) in [5, 5.41) is 1.98. The van der Waals surface area contributed by atoms with E-state index < -0.39 is 0 Å². The first-order valence-electron chi connectivity index (χ1n) is 2.47. The minimum Gasteiger partial charge on any atom is -0.282 e. The lowest BCUT2D eigenvalue weighted by Gasteiger charge is -1.92. The van der Waals surface area contributed by atoms with Gasteiger partial charge in [0, 0.05) is 5.25 Å². The fourth-order valence-electron chi connectivity index (χ4n) is 0.623. The number of nitrogens with zero attached hydrogens (tertiary/aromatic N) is 1. The van der Waals surface area contributed by atoms with Crippen molar-refractivity contribution >= 4 is 16.8 Å². The van der Waals surface area contributed by atoms with Crippen LogP contribution in [0.1, 0.15) is 13.8 Å². The van der Waals surface area contributed by atoms with Gasteiger partial charge in [-0.15, -0.1) is 11.8 Å². The van der Waals surface area contributed by atoms with Crippen LogP contribution >= 0.6 is 11.8 Å². The molecule has 0 N–H and O–H groups in total. The second-order valence-corrected chi connectivity index (χ2v) is 3.42. The van der Waals surface area contributed by atoms with Crippen LogP contribution in [0, 0.1) is 0 Å². The fourth-order valence-corrected chi connectivity index (χ4v) is 1.50. The predicted octanol–water partition coefficient (Wildman–Crippen LogP) is 1.54. The predicted molar refractivity (Wildman–Crippen MR) is 35.0 cm³/mol. The van der Waals surface area contributed by atoms with Gasteiger partial charge in [-0.05, 0) is 6.92 Å². The van der Waals surface area contributed by atoms with E-state index in [1.54, 1.807) is 0 Å². The summed E-state index contributed by atoms with van der Waals surface area (Å²) in [6.07, 6.45) is 0. The highest BCUT2D eigenvalue weighted by Crippen LogP contribution is 2.18. The maximum Gasteiger partial charge on any atom is 0.0648 e. The Morgan fingerprint density at radius 3 is 2.71 bits per heavy atom. The van der Waals surface area contributed by atoms with Crippen molar-refractivity contribution in [3.8, 4) is 0 Å². The third kappa shape index (κ3) is 1.20. The first-order valence-corrected chi connectivity index (χ1v) is 3.34. The molecule has 0 aliphatic carbocycles. The monoisotopic (exact) mass is 115 g/mol. The fraction of sp³-hybridized carbons (Fsp3) is 0.800. The molecule has 1 heterocycles. The maximum atomic E-state index is 4.20. The van der Waals surface area contributed by atoms with E-state index in [0.29, 0.717) is 0 Å². The molecule has 1 rings (SSSR count). The van der Waals surface area contributed by atoms with Gasteiger partial charge in [-0.1, -0.05) is 6.92 Å². The Hall–Kier alpha value is 0.0200. The van der Waals surface area contributed by atoms with Crippen molar-refractivity contribution in [1.82, 2.24) is 0 Å². The molecule has 7 heavy (non-hydrogen) atoms. The summed E-state index contributed by atoms with van der Waals surface area (Å²) in [4.78, 5) is 4.20. The maximum absolute atomic E-state index is 4.20. The number of aliphatic imine (C=N–C) groups is 1. The summed E-state index contributed by atoms with van der Waals surface area (Å²) in [5.41, 5.74) is 0. The van der Waals surface area contributed by atoms with Crippen LogP contribution in [0.5, 0.6) is 0 Å². The number of hydrogen-bond acceptors (Lipinski definition) is 2. The average Bonchev–Trinajstić information content (AvgIpc) is 1.87. The van der Waals surface area contributed by atoms with E-state index in [2.05, 4.69) is 18.8 Å². The lowest BCUT2D eigenvalue weighted by Crippen LogP contribution is -1.92. The van der Waals surface area contributed by atoms with Gasteiger partial charge in [0.1, 0.15) is 0 Å². The largest absolute Gasteiger partial charge is 0.282 e. The SMILES string of the molecule is CC1=NCC(C)S1.